The highest BCUT2D eigenvalue weighted by Gasteiger charge is 2.33. The number of carbonyl (C=O) groups is 2. The van der Waals surface area contributed by atoms with E-state index in [0.717, 1.165) is 19.4 Å². The summed E-state index contributed by atoms with van der Waals surface area (Å²) in [5.74, 6) is -0.683. The summed E-state index contributed by atoms with van der Waals surface area (Å²) in [7, 11) is 0. The van der Waals surface area contributed by atoms with E-state index in [2.05, 4.69) is 5.32 Å². The number of nitrogens with one attached hydrogen (secondary N) is 1. The van der Waals surface area contributed by atoms with Crippen LogP contribution < -0.4 is 20.9 Å². The summed E-state index contributed by atoms with van der Waals surface area (Å²) in [4.78, 5) is 28.2. The molecule has 2 saturated heterocycles. The molecule has 2 aliphatic heterocycles. The number of hydrogen-bond donors (Lipinski definition) is 2. The van der Waals surface area contributed by atoms with E-state index in [1.807, 2.05) is 4.90 Å². The van der Waals surface area contributed by atoms with E-state index in [-0.39, 0.29) is 25.0 Å². The second-order valence-electron chi connectivity index (χ2n) is 7.41. The van der Waals surface area contributed by atoms with Gasteiger partial charge in [-0.25, -0.2) is 9.18 Å². The van der Waals surface area contributed by atoms with Crippen molar-refractivity contribution in [3.05, 3.63) is 45.4 Å². The molecule has 0 saturated carbocycles. The first-order chi connectivity index (χ1) is 14.4. The Morgan fingerprint density at radius 3 is 2.87 bits per heavy atom. The SMILES string of the molecule is NC1CCCN(c2ccc(N3CC(CNC(=O)c4ccc(Cl)s4)OC3=O)cc2F)C1. The van der Waals surface area contributed by atoms with E-state index in [0.29, 0.717) is 27.1 Å². The maximum atomic E-state index is 14.8. The average Bonchev–Trinajstić information content (AvgIpc) is 3.31. The van der Waals surface area contributed by atoms with Crippen molar-refractivity contribution in [2.24, 2.45) is 5.73 Å². The summed E-state index contributed by atoms with van der Waals surface area (Å²) in [6.45, 7) is 1.74. The number of piperidine rings is 1. The van der Waals surface area contributed by atoms with Crippen molar-refractivity contribution in [2.45, 2.75) is 25.0 Å². The molecule has 2 fully saturated rings. The van der Waals surface area contributed by atoms with Crippen LogP contribution in [0.1, 0.15) is 22.5 Å². The van der Waals surface area contributed by atoms with E-state index >= 15 is 0 Å². The Morgan fingerprint density at radius 2 is 2.17 bits per heavy atom. The number of nitrogens with two attached hydrogens (primary N) is 1. The standard InChI is InChI=1S/C20H22ClFN4O3S/c21-18-6-5-17(30-18)19(27)24-9-14-11-26(20(28)29-14)13-3-4-16(15(22)8-13)25-7-1-2-12(23)10-25/h3-6,8,12,14H,1-2,7,9-11,23H2,(H,24,27). The van der Waals surface area contributed by atoms with Crippen LogP contribution in [-0.2, 0) is 4.74 Å². The number of carbonyl (C=O) groups excluding carboxylic acids is 2. The minimum absolute atomic E-state index is 0.0348. The third-order valence-corrected chi connectivity index (χ3v) is 6.43. The van der Waals surface area contributed by atoms with E-state index < -0.39 is 18.0 Å². The van der Waals surface area contributed by atoms with Crippen LogP contribution in [0.25, 0.3) is 0 Å². The topological polar surface area (TPSA) is 87.9 Å². The molecule has 0 bridgehead atoms. The van der Waals surface area contributed by atoms with Gasteiger partial charge in [0.1, 0.15) is 11.9 Å². The third kappa shape index (κ3) is 4.53. The number of halogens is 2. The summed E-state index contributed by atoms with van der Waals surface area (Å²) in [6, 6.07) is 8.03. The van der Waals surface area contributed by atoms with Gasteiger partial charge in [-0.05, 0) is 43.2 Å². The molecule has 0 aliphatic carbocycles. The van der Waals surface area contributed by atoms with E-state index in [1.54, 1.807) is 24.3 Å². The predicted molar refractivity (Wildman–Crippen MR) is 115 cm³/mol. The highest BCUT2D eigenvalue weighted by Crippen LogP contribution is 2.29. The lowest BCUT2D eigenvalue weighted by Crippen LogP contribution is -2.43. The van der Waals surface area contributed by atoms with Gasteiger partial charge in [0, 0.05) is 19.1 Å². The number of benzene rings is 1. The minimum atomic E-state index is -0.569. The lowest BCUT2D eigenvalue weighted by Gasteiger charge is -2.33. The number of anilines is 2. The first kappa shape index (κ1) is 20.9. The number of amides is 2. The first-order valence-corrected chi connectivity index (χ1v) is 10.9. The van der Waals surface area contributed by atoms with Crippen LogP contribution >= 0.6 is 22.9 Å². The van der Waals surface area contributed by atoms with Crippen molar-refractivity contribution in [3.63, 3.8) is 0 Å². The van der Waals surface area contributed by atoms with Gasteiger partial charge >= 0.3 is 6.09 Å². The van der Waals surface area contributed by atoms with Gasteiger partial charge in [-0.3, -0.25) is 9.69 Å². The van der Waals surface area contributed by atoms with Crippen molar-refractivity contribution in [1.82, 2.24) is 5.32 Å². The van der Waals surface area contributed by atoms with Gasteiger partial charge in [-0.1, -0.05) is 11.6 Å². The third-order valence-electron chi connectivity index (χ3n) is 5.20. The van der Waals surface area contributed by atoms with E-state index in [9.17, 15) is 14.0 Å². The molecule has 2 unspecified atom stereocenters. The molecule has 2 atom stereocenters. The summed E-state index contributed by atoms with van der Waals surface area (Å²) in [5.41, 5.74) is 6.90. The van der Waals surface area contributed by atoms with Crippen LogP contribution in [0.2, 0.25) is 4.34 Å². The highest BCUT2D eigenvalue weighted by atomic mass is 35.5. The van der Waals surface area contributed by atoms with Gasteiger partial charge in [0.15, 0.2) is 0 Å². The van der Waals surface area contributed by atoms with E-state index in [1.165, 1.54) is 22.3 Å². The van der Waals surface area contributed by atoms with Crippen molar-refractivity contribution in [3.8, 4) is 0 Å². The Kier molecular flexibility index (Phi) is 6.12. The Bertz CT molecular complexity index is 956. The van der Waals surface area contributed by atoms with Gasteiger partial charge in [0.05, 0.1) is 33.7 Å². The number of nitrogens with zero attached hydrogens (tertiary/aromatic N) is 2. The molecule has 2 amide bonds. The van der Waals surface area contributed by atoms with Crippen LogP contribution in [0, 0.1) is 5.82 Å². The molecule has 2 aromatic rings. The van der Waals surface area contributed by atoms with Gasteiger partial charge in [0.2, 0.25) is 0 Å². The molecule has 1 aromatic heterocycles. The zero-order valence-corrected chi connectivity index (χ0v) is 17.7. The van der Waals surface area contributed by atoms with Crippen LogP contribution in [0.3, 0.4) is 0 Å². The monoisotopic (exact) mass is 452 g/mol. The molecular formula is C20H22ClFN4O3S. The molecular weight excluding hydrogens is 431 g/mol. The Balaban J connectivity index is 1.38. The van der Waals surface area contributed by atoms with Crippen LogP contribution in [0.4, 0.5) is 20.6 Å². The molecule has 7 nitrogen and oxygen atoms in total. The van der Waals surface area contributed by atoms with Crippen molar-refractivity contribution in [2.75, 3.05) is 36.0 Å². The summed E-state index contributed by atoms with van der Waals surface area (Å²) in [5, 5.41) is 2.73. The van der Waals surface area contributed by atoms with E-state index in [4.69, 9.17) is 22.1 Å². The highest BCUT2D eigenvalue weighted by molar-refractivity contribution is 7.18. The molecule has 2 aliphatic rings. The molecule has 3 heterocycles. The van der Waals surface area contributed by atoms with Crippen LogP contribution in [0.5, 0.6) is 0 Å². The number of hydrogen-bond acceptors (Lipinski definition) is 6. The molecule has 0 radical (unpaired) electrons. The van der Waals surface area contributed by atoms with Crippen LogP contribution in [0.15, 0.2) is 30.3 Å². The zero-order chi connectivity index (χ0) is 21.3. The lowest BCUT2D eigenvalue weighted by molar-refractivity contribution is 0.0920. The second-order valence-corrected chi connectivity index (χ2v) is 9.13. The summed E-state index contributed by atoms with van der Waals surface area (Å²) in [6.07, 6.45) is 0.763. The van der Waals surface area contributed by atoms with Crippen molar-refractivity contribution in [1.29, 1.82) is 0 Å². The van der Waals surface area contributed by atoms with Gasteiger partial charge in [0.25, 0.3) is 5.91 Å². The summed E-state index contributed by atoms with van der Waals surface area (Å²) < 4.78 is 20.6. The summed E-state index contributed by atoms with van der Waals surface area (Å²) >= 11 is 7.01. The number of thiophene rings is 1. The Labute approximate surface area is 182 Å². The Hall–Kier alpha value is -2.36. The molecule has 30 heavy (non-hydrogen) atoms. The fraction of sp³-hybridized carbons (Fsp3) is 0.400. The van der Waals surface area contributed by atoms with Crippen LogP contribution in [-0.4, -0.2) is 50.3 Å². The largest absolute Gasteiger partial charge is 0.442 e. The lowest BCUT2D eigenvalue weighted by atomic mass is 10.1. The second kappa shape index (κ2) is 8.79. The fourth-order valence-electron chi connectivity index (χ4n) is 3.72. The normalized spacial score (nSPS) is 21.6. The molecule has 0 spiro atoms. The first-order valence-electron chi connectivity index (χ1n) is 9.72. The molecule has 160 valence electrons. The maximum Gasteiger partial charge on any atom is 0.414 e. The molecule has 3 N–H and O–H groups in total. The minimum Gasteiger partial charge on any atom is -0.442 e. The molecule has 4 rings (SSSR count). The number of ether oxygens (including phenoxy) is 1. The van der Waals surface area contributed by atoms with Gasteiger partial charge in [-0.2, -0.15) is 0 Å². The fourth-order valence-corrected chi connectivity index (χ4v) is 4.68. The quantitative estimate of drug-likeness (QED) is 0.727. The Morgan fingerprint density at radius 1 is 1.33 bits per heavy atom. The number of cyclic esters (lactones) is 1. The molecule has 1 aromatic carbocycles. The average molecular weight is 453 g/mol. The number of rotatable bonds is 5. The smallest absolute Gasteiger partial charge is 0.414 e. The zero-order valence-electron chi connectivity index (χ0n) is 16.1. The molecule has 10 heteroatoms. The predicted octanol–water partition coefficient (Wildman–Crippen LogP) is 3.22. The van der Waals surface area contributed by atoms with Gasteiger partial charge < -0.3 is 20.7 Å². The van der Waals surface area contributed by atoms with Crippen molar-refractivity contribution >= 4 is 46.3 Å². The maximum absolute atomic E-state index is 14.8. The van der Waals surface area contributed by atoms with Gasteiger partial charge in [-0.15, -0.1) is 11.3 Å². The van der Waals surface area contributed by atoms with Crippen molar-refractivity contribution < 1.29 is 18.7 Å².